The van der Waals surface area contributed by atoms with E-state index >= 15 is 0 Å². The van der Waals surface area contributed by atoms with Gasteiger partial charge in [-0.2, -0.15) is 0 Å². The zero-order chi connectivity index (χ0) is 37.0. The number of nitrogens with zero attached hydrogens (tertiary/aromatic N) is 1. The van der Waals surface area contributed by atoms with Crippen LogP contribution in [0.4, 0.5) is 17.1 Å². The van der Waals surface area contributed by atoms with Gasteiger partial charge in [0, 0.05) is 33.7 Å². The summed E-state index contributed by atoms with van der Waals surface area (Å²) >= 11 is 0. The highest BCUT2D eigenvalue weighted by Crippen LogP contribution is 2.49. The Morgan fingerprint density at radius 1 is 0.304 bits per heavy atom. The van der Waals surface area contributed by atoms with E-state index < -0.39 is 0 Å². The van der Waals surface area contributed by atoms with Crippen molar-refractivity contribution >= 4 is 71.3 Å². The predicted molar refractivity (Wildman–Crippen MR) is 237 cm³/mol. The minimum Gasteiger partial charge on any atom is -0.456 e. The second-order valence-corrected chi connectivity index (χ2v) is 14.5. The van der Waals surface area contributed by atoms with Gasteiger partial charge in [0.25, 0.3) is 0 Å². The molecule has 0 radical (unpaired) electrons. The maximum Gasteiger partial charge on any atom is 0.137 e. The van der Waals surface area contributed by atoms with Gasteiger partial charge in [-0.15, -0.1) is 0 Å². The Kier molecular flexibility index (Phi) is 7.53. The van der Waals surface area contributed by atoms with E-state index in [2.05, 4.69) is 205 Å². The molecular formula is C54H35NO. The van der Waals surface area contributed by atoms with Gasteiger partial charge in [-0.3, -0.25) is 0 Å². The van der Waals surface area contributed by atoms with E-state index in [4.69, 9.17) is 4.42 Å². The minimum absolute atomic E-state index is 0.856. The fourth-order valence-corrected chi connectivity index (χ4v) is 8.49. The van der Waals surface area contributed by atoms with Crippen molar-refractivity contribution in [2.75, 3.05) is 4.90 Å². The fourth-order valence-electron chi connectivity index (χ4n) is 8.49. The first-order chi connectivity index (χ1) is 27.7. The minimum atomic E-state index is 0.856. The third-order valence-electron chi connectivity index (χ3n) is 11.2. The average molecular weight is 714 g/mol. The van der Waals surface area contributed by atoms with Crippen LogP contribution >= 0.6 is 0 Å². The van der Waals surface area contributed by atoms with Crippen molar-refractivity contribution in [1.29, 1.82) is 0 Å². The molecule has 0 aliphatic rings. The average Bonchev–Trinajstić information content (AvgIpc) is 3.64. The summed E-state index contributed by atoms with van der Waals surface area (Å²) in [6.45, 7) is 0. The van der Waals surface area contributed by atoms with Gasteiger partial charge < -0.3 is 9.32 Å². The van der Waals surface area contributed by atoms with Gasteiger partial charge in [-0.05, 0) is 103 Å². The molecule has 0 amide bonds. The number of hydrogen-bond donors (Lipinski definition) is 0. The SMILES string of the molecule is c1ccc(-c2ccc(N(c3ccc4c(c3)oc3ccccc34)c3ccc4ccccc4c3-c3ccc4ccccc4c3)c(-c3ccc4ccccc4c3)c2)cc1. The van der Waals surface area contributed by atoms with Gasteiger partial charge in [-0.25, -0.2) is 0 Å². The molecule has 0 N–H and O–H groups in total. The van der Waals surface area contributed by atoms with Crippen LogP contribution < -0.4 is 4.90 Å². The highest BCUT2D eigenvalue weighted by Gasteiger charge is 2.24. The van der Waals surface area contributed by atoms with Crippen LogP contribution in [0.1, 0.15) is 0 Å². The molecule has 2 nitrogen and oxygen atoms in total. The number of rotatable bonds is 6. The third kappa shape index (κ3) is 5.42. The Morgan fingerprint density at radius 3 is 1.66 bits per heavy atom. The van der Waals surface area contributed by atoms with Gasteiger partial charge in [-0.1, -0.05) is 158 Å². The topological polar surface area (TPSA) is 16.4 Å². The number of furan rings is 1. The molecule has 262 valence electrons. The van der Waals surface area contributed by atoms with E-state index in [-0.39, 0.29) is 0 Å². The highest BCUT2D eigenvalue weighted by molar-refractivity contribution is 6.10. The van der Waals surface area contributed by atoms with Crippen molar-refractivity contribution in [3.63, 3.8) is 0 Å². The lowest BCUT2D eigenvalue weighted by Crippen LogP contribution is -2.13. The molecule has 0 unspecified atom stereocenters. The lowest BCUT2D eigenvalue weighted by atomic mass is 9.92. The zero-order valence-corrected chi connectivity index (χ0v) is 30.6. The number of hydrogen-bond acceptors (Lipinski definition) is 2. The van der Waals surface area contributed by atoms with Crippen LogP contribution in [0.5, 0.6) is 0 Å². The molecule has 2 heteroatoms. The van der Waals surface area contributed by atoms with E-state index in [1.165, 1.54) is 54.6 Å². The Morgan fingerprint density at radius 2 is 0.875 bits per heavy atom. The number of para-hydroxylation sites is 1. The normalized spacial score (nSPS) is 11.6. The van der Waals surface area contributed by atoms with Crippen molar-refractivity contribution in [3.8, 4) is 33.4 Å². The van der Waals surface area contributed by atoms with E-state index in [1.54, 1.807) is 0 Å². The third-order valence-corrected chi connectivity index (χ3v) is 11.2. The summed E-state index contributed by atoms with van der Waals surface area (Å²) in [4.78, 5) is 2.45. The first kappa shape index (κ1) is 32.0. The molecule has 1 heterocycles. The lowest BCUT2D eigenvalue weighted by Gasteiger charge is -2.31. The van der Waals surface area contributed by atoms with E-state index in [0.717, 1.165) is 50.1 Å². The van der Waals surface area contributed by atoms with Gasteiger partial charge in [0.2, 0.25) is 0 Å². The second-order valence-electron chi connectivity index (χ2n) is 14.5. The Bertz CT molecular complexity index is 3270. The van der Waals surface area contributed by atoms with Gasteiger partial charge in [0.05, 0.1) is 11.4 Å². The molecule has 0 aliphatic carbocycles. The van der Waals surface area contributed by atoms with Crippen LogP contribution in [0.3, 0.4) is 0 Å². The molecule has 0 spiro atoms. The van der Waals surface area contributed by atoms with Crippen molar-refractivity contribution in [2.45, 2.75) is 0 Å². The van der Waals surface area contributed by atoms with E-state index in [9.17, 15) is 0 Å². The van der Waals surface area contributed by atoms with Gasteiger partial charge >= 0.3 is 0 Å². The Hall–Kier alpha value is -7.42. The molecule has 0 fully saturated rings. The Balaban J connectivity index is 1.24. The molecule has 0 saturated carbocycles. The maximum absolute atomic E-state index is 6.56. The monoisotopic (exact) mass is 713 g/mol. The molecule has 11 aromatic rings. The standard InChI is InChI=1S/C54H35NO/c1-2-12-36(13-3-1)42-27-30-50(49(34-42)43-24-22-37-14-4-6-17-40(37)32-43)55(45-28-29-48-47-20-10-11-21-52(47)56-53(48)35-45)51-31-26-39-16-8-9-19-46(39)54(51)44-25-23-38-15-5-7-18-41(38)33-44/h1-35H. The quantitative estimate of drug-likeness (QED) is 0.171. The summed E-state index contributed by atoms with van der Waals surface area (Å²) in [5.74, 6) is 0. The summed E-state index contributed by atoms with van der Waals surface area (Å²) in [6.07, 6.45) is 0. The first-order valence-corrected chi connectivity index (χ1v) is 19.2. The van der Waals surface area contributed by atoms with Crippen molar-refractivity contribution < 1.29 is 4.42 Å². The summed E-state index contributed by atoms with van der Waals surface area (Å²) in [6, 6.07) is 76.8. The maximum atomic E-state index is 6.56. The predicted octanol–water partition coefficient (Wildman–Crippen LogP) is 15.5. The molecule has 0 bridgehead atoms. The molecule has 56 heavy (non-hydrogen) atoms. The van der Waals surface area contributed by atoms with Crippen LogP contribution in [0.25, 0.3) is 87.6 Å². The fraction of sp³-hybridized carbons (Fsp3) is 0. The van der Waals surface area contributed by atoms with Crippen LogP contribution in [0, 0.1) is 0 Å². The number of benzene rings is 10. The second kappa shape index (κ2) is 13.2. The first-order valence-electron chi connectivity index (χ1n) is 19.2. The van der Waals surface area contributed by atoms with Crippen molar-refractivity contribution in [3.05, 3.63) is 212 Å². The molecule has 1 aromatic heterocycles. The van der Waals surface area contributed by atoms with Gasteiger partial charge in [0.1, 0.15) is 11.2 Å². The molecule has 10 aromatic carbocycles. The lowest BCUT2D eigenvalue weighted by molar-refractivity contribution is 0.669. The molecular weight excluding hydrogens is 679 g/mol. The molecule has 0 aliphatic heterocycles. The summed E-state index contributed by atoms with van der Waals surface area (Å²) < 4.78 is 6.56. The van der Waals surface area contributed by atoms with Crippen LogP contribution in [-0.2, 0) is 0 Å². The van der Waals surface area contributed by atoms with Crippen LogP contribution in [0.2, 0.25) is 0 Å². The molecule has 0 atom stereocenters. The van der Waals surface area contributed by atoms with Crippen molar-refractivity contribution in [1.82, 2.24) is 0 Å². The summed E-state index contributed by atoms with van der Waals surface area (Å²) in [7, 11) is 0. The smallest absolute Gasteiger partial charge is 0.137 e. The van der Waals surface area contributed by atoms with Gasteiger partial charge in [0.15, 0.2) is 0 Å². The van der Waals surface area contributed by atoms with E-state index in [0.29, 0.717) is 0 Å². The largest absolute Gasteiger partial charge is 0.456 e. The summed E-state index contributed by atoms with van der Waals surface area (Å²) in [5.41, 5.74) is 11.9. The Labute approximate surface area is 325 Å². The number of anilines is 3. The van der Waals surface area contributed by atoms with E-state index in [1.807, 2.05) is 12.1 Å². The van der Waals surface area contributed by atoms with Crippen LogP contribution in [-0.4, -0.2) is 0 Å². The molecule has 0 saturated heterocycles. The van der Waals surface area contributed by atoms with Crippen molar-refractivity contribution in [2.24, 2.45) is 0 Å². The zero-order valence-electron chi connectivity index (χ0n) is 30.6. The number of fused-ring (bicyclic) bond motifs is 6. The molecule has 11 rings (SSSR count). The summed E-state index contributed by atoms with van der Waals surface area (Å²) in [5, 5.41) is 9.48. The van der Waals surface area contributed by atoms with Crippen LogP contribution in [0.15, 0.2) is 217 Å². The highest BCUT2D eigenvalue weighted by atomic mass is 16.3.